The molecule has 10 heteroatoms. The van der Waals surface area contributed by atoms with Crippen molar-refractivity contribution in [3.8, 4) is 10.7 Å². The number of benzene rings is 1. The molecule has 8 nitrogen and oxygen atoms in total. The Morgan fingerprint density at radius 2 is 1.84 bits per heavy atom. The number of hydrogen-bond acceptors (Lipinski definition) is 7. The molecule has 1 saturated heterocycles. The van der Waals surface area contributed by atoms with Crippen LogP contribution in [0.25, 0.3) is 10.7 Å². The number of primary amides is 1. The van der Waals surface area contributed by atoms with E-state index in [2.05, 4.69) is 46.3 Å². The van der Waals surface area contributed by atoms with Gasteiger partial charge in [-0.25, -0.2) is 0 Å². The van der Waals surface area contributed by atoms with Crippen LogP contribution in [0.3, 0.4) is 0 Å². The Bertz CT molecular complexity index is 1050. The zero-order chi connectivity index (χ0) is 22.5. The third kappa shape index (κ3) is 5.20. The first-order valence-electron chi connectivity index (χ1n) is 10.5. The van der Waals surface area contributed by atoms with Gasteiger partial charge in [0.15, 0.2) is 11.0 Å². The number of carbonyl (C=O) groups is 2. The molecule has 0 saturated carbocycles. The molecule has 1 aliphatic rings. The molecule has 0 aliphatic carbocycles. The molecule has 1 atom stereocenters. The van der Waals surface area contributed by atoms with Gasteiger partial charge in [0.25, 0.3) is 0 Å². The Hall–Kier alpha value is -2.69. The minimum Gasteiger partial charge on any atom is -0.368 e. The summed E-state index contributed by atoms with van der Waals surface area (Å²) in [5, 5.41) is 10.9. The van der Waals surface area contributed by atoms with Crippen molar-refractivity contribution in [1.82, 2.24) is 24.6 Å². The molecule has 2 aromatic heterocycles. The lowest BCUT2D eigenvalue weighted by molar-refractivity contribution is -0.130. The van der Waals surface area contributed by atoms with Gasteiger partial charge < -0.3 is 10.6 Å². The Kier molecular flexibility index (Phi) is 7.23. The van der Waals surface area contributed by atoms with Crippen LogP contribution in [0.1, 0.15) is 18.5 Å². The minimum atomic E-state index is -0.473. The molecule has 32 heavy (non-hydrogen) atoms. The maximum absolute atomic E-state index is 12.8. The third-order valence-electron chi connectivity index (χ3n) is 5.59. The number of nitrogens with zero attached hydrogens (tertiary/aromatic N) is 5. The summed E-state index contributed by atoms with van der Waals surface area (Å²) in [6.45, 7) is 5.27. The molecule has 1 unspecified atom stereocenters. The molecule has 0 bridgehead atoms. The lowest BCUT2D eigenvalue weighted by Crippen LogP contribution is -2.49. The summed E-state index contributed by atoms with van der Waals surface area (Å²) >= 11 is 2.81. The number of hydrogen-bond donors (Lipinski definition) is 1. The van der Waals surface area contributed by atoms with Crippen LogP contribution in [0.15, 0.2) is 53.0 Å². The van der Waals surface area contributed by atoms with Gasteiger partial charge in [-0.1, -0.05) is 48.2 Å². The monoisotopic (exact) mass is 470 g/mol. The van der Waals surface area contributed by atoms with Gasteiger partial charge in [0.05, 0.1) is 10.6 Å². The van der Waals surface area contributed by atoms with Crippen LogP contribution in [0.5, 0.6) is 0 Å². The second kappa shape index (κ2) is 10.3. The molecule has 3 heterocycles. The minimum absolute atomic E-state index is 0.0210. The maximum atomic E-state index is 12.8. The highest BCUT2D eigenvalue weighted by Gasteiger charge is 2.25. The molecular formula is C22H26N6O2S2. The fourth-order valence-corrected chi connectivity index (χ4v) is 5.36. The van der Waals surface area contributed by atoms with Crippen molar-refractivity contribution in [3.63, 3.8) is 0 Å². The van der Waals surface area contributed by atoms with Gasteiger partial charge in [-0.3, -0.25) is 19.1 Å². The molecule has 2 amide bonds. The van der Waals surface area contributed by atoms with E-state index in [1.165, 1.54) is 28.7 Å². The van der Waals surface area contributed by atoms with E-state index in [-0.39, 0.29) is 18.2 Å². The number of thioether (sulfide) groups is 1. The quantitative estimate of drug-likeness (QED) is 0.508. The van der Waals surface area contributed by atoms with Crippen LogP contribution in [0.4, 0.5) is 0 Å². The average Bonchev–Trinajstić information content (AvgIpc) is 3.47. The summed E-state index contributed by atoms with van der Waals surface area (Å²) in [5.41, 5.74) is 6.72. The van der Waals surface area contributed by atoms with Crippen molar-refractivity contribution < 1.29 is 9.59 Å². The van der Waals surface area contributed by atoms with Gasteiger partial charge in [0.2, 0.25) is 11.8 Å². The number of amides is 2. The highest BCUT2D eigenvalue weighted by Crippen LogP contribution is 2.27. The number of piperazine rings is 1. The van der Waals surface area contributed by atoms with Crippen molar-refractivity contribution in [1.29, 1.82) is 0 Å². The van der Waals surface area contributed by atoms with Crippen molar-refractivity contribution >= 4 is 34.9 Å². The molecule has 1 fully saturated rings. The van der Waals surface area contributed by atoms with E-state index < -0.39 is 5.91 Å². The van der Waals surface area contributed by atoms with Crippen LogP contribution >= 0.6 is 23.1 Å². The summed E-state index contributed by atoms with van der Waals surface area (Å²) in [6, 6.07) is 14.6. The largest absolute Gasteiger partial charge is 0.368 e. The zero-order valence-electron chi connectivity index (χ0n) is 17.9. The smallest absolute Gasteiger partial charge is 0.237 e. The molecule has 4 rings (SSSR count). The van der Waals surface area contributed by atoms with E-state index in [1.54, 1.807) is 4.57 Å². The Labute approximate surface area is 195 Å². The first-order chi connectivity index (χ1) is 15.5. The predicted molar refractivity (Wildman–Crippen MR) is 126 cm³/mol. The fraction of sp³-hybridized carbons (Fsp3) is 0.364. The molecular weight excluding hydrogens is 444 g/mol. The second-order valence-corrected chi connectivity index (χ2v) is 9.52. The van der Waals surface area contributed by atoms with E-state index in [9.17, 15) is 9.59 Å². The topological polar surface area (TPSA) is 97.3 Å². The van der Waals surface area contributed by atoms with E-state index in [1.807, 2.05) is 28.5 Å². The van der Waals surface area contributed by atoms with Crippen LogP contribution in [0.2, 0.25) is 0 Å². The number of carbonyl (C=O) groups excluding carboxylic acids is 2. The number of nitrogens with two attached hydrogens (primary N) is 1. The predicted octanol–water partition coefficient (Wildman–Crippen LogP) is 2.49. The zero-order valence-corrected chi connectivity index (χ0v) is 19.5. The summed E-state index contributed by atoms with van der Waals surface area (Å²) < 4.78 is 1.69. The van der Waals surface area contributed by atoms with E-state index in [0.29, 0.717) is 30.1 Å². The average molecular weight is 471 g/mol. The Morgan fingerprint density at radius 1 is 1.09 bits per heavy atom. The summed E-state index contributed by atoms with van der Waals surface area (Å²) in [5.74, 6) is 0.431. The number of aromatic nitrogens is 3. The van der Waals surface area contributed by atoms with Gasteiger partial charge >= 0.3 is 0 Å². The lowest BCUT2D eigenvalue weighted by atomic mass is 10.1. The first kappa shape index (κ1) is 22.5. The SMILES string of the molecule is CC(c1ccccc1)N1CCN(C(=O)CSc2nnc(-c3cccs3)n2CC(N)=O)CC1. The Balaban J connectivity index is 1.34. The van der Waals surface area contributed by atoms with Crippen LogP contribution in [0, 0.1) is 0 Å². The highest BCUT2D eigenvalue weighted by molar-refractivity contribution is 7.99. The van der Waals surface area contributed by atoms with Gasteiger partial charge in [-0.15, -0.1) is 21.5 Å². The normalized spacial score (nSPS) is 15.6. The third-order valence-corrected chi connectivity index (χ3v) is 7.41. The molecule has 168 valence electrons. The molecule has 0 radical (unpaired) electrons. The van der Waals surface area contributed by atoms with Crippen molar-refractivity contribution in [2.45, 2.75) is 24.7 Å². The Morgan fingerprint density at radius 3 is 2.50 bits per heavy atom. The number of thiophene rings is 1. The fourth-order valence-electron chi connectivity index (χ4n) is 3.80. The highest BCUT2D eigenvalue weighted by atomic mass is 32.2. The van der Waals surface area contributed by atoms with E-state index in [0.717, 1.165) is 18.0 Å². The van der Waals surface area contributed by atoms with Gasteiger partial charge in [-0.2, -0.15) is 0 Å². The van der Waals surface area contributed by atoms with E-state index >= 15 is 0 Å². The van der Waals surface area contributed by atoms with Crippen LogP contribution < -0.4 is 5.73 Å². The van der Waals surface area contributed by atoms with Gasteiger partial charge in [0.1, 0.15) is 6.54 Å². The molecule has 3 aromatic rings. The van der Waals surface area contributed by atoms with E-state index in [4.69, 9.17) is 5.73 Å². The standard InChI is InChI=1S/C22H26N6O2S2/c1-16(17-6-3-2-4-7-17)26-9-11-27(12-10-26)20(30)15-32-22-25-24-21(18-8-5-13-31-18)28(22)14-19(23)29/h2-8,13,16H,9-12,14-15H2,1H3,(H2,23,29). The van der Waals surface area contributed by atoms with Crippen LogP contribution in [-0.4, -0.2) is 68.3 Å². The van der Waals surface area contributed by atoms with Gasteiger partial charge in [-0.05, 0) is 23.9 Å². The van der Waals surface area contributed by atoms with Gasteiger partial charge in [0, 0.05) is 32.2 Å². The second-order valence-electron chi connectivity index (χ2n) is 7.63. The molecule has 0 spiro atoms. The molecule has 1 aliphatic heterocycles. The van der Waals surface area contributed by atoms with Crippen LogP contribution in [-0.2, 0) is 16.1 Å². The molecule has 1 aromatic carbocycles. The summed E-state index contributed by atoms with van der Waals surface area (Å²) in [7, 11) is 0. The maximum Gasteiger partial charge on any atom is 0.237 e. The van der Waals surface area contributed by atoms with Crippen molar-refractivity contribution in [3.05, 3.63) is 53.4 Å². The number of rotatable bonds is 8. The van der Waals surface area contributed by atoms with Crippen molar-refractivity contribution in [2.24, 2.45) is 5.73 Å². The first-order valence-corrected chi connectivity index (χ1v) is 12.3. The molecule has 2 N–H and O–H groups in total. The van der Waals surface area contributed by atoms with Crippen molar-refractivity contribution in [2.75, 3.05) is 31.9 Å². The lowest BCUT2D eigenvalue weighted by Gasteiger charge is -2.38. The summed E-state index contributed by atoms with van der Waals surface area (Å²) in [6.07, 6.45) is 0. The summed E-state index contributed by atoms with van der Waals surface area (Å²) in [4.78, 5) is 29.6.